The molecule has 4 rings (SSSR count). The van der Waals surface area contributed by atoms with Crippen LogP contribution in [0.2, 0.25) is 0 Å². The van der Waals surface area contributed by atoms with E-state index in [9.17, 15) is 18.0 Å². The Balaban J connectivity index is 1.40. The molecule has 1 amide bonds. The lowest BCUT2D eigenvalue weighted by Crippen LogP contribution is -2.42. The zero-order valence-corrected chi connectivity index (χ0v) is 17.7. The fraction of sp³-hybridized carbons (Fsp3) is 0.435. The van der Waals surface area contributed by atoms with Gasteiger partial charge in [-0.05, 0) is 55.6 Å². The lowest BCUT2D eigenvalue weighted by molar-refractivity contribution is -0.194. The molecule has 0 saturated heterocycles. The normalized spacial score (nSPS) is 17.1. The Morgan fingerprint density at radius 2 is 2.06 bits per heavy atom. The van der Waals surface area contributed by atoms with Crippen LogP contribution in [0, 0.1) is 5.41 Å². The van der Waals surface area contributed by atoms with Crippen molar-refractivity contribution in [1.29, 1.82) is 0 Å². The standard InChI is InChI=1S/C23H26F3N5O/c1-27-18(10-15-4-5-20-17(9-15)13-30-31-20)14-29-21(32)11-19(16-3-2-8-28-12-16)22(6-7-22)23(24,25)26/h2-5,8-9,12-13,18-19,27H,6-7,10-11,14H2,1H3,(H,29,32)(H,30,31)/t18-,19-/m0/s1. The largest absolute Gasteiger partial charge is 0.395 e. The van der Waals surface area contributed by atoms with Gasteiger partial charge in [0, 0.05) is 42.7 Å². The van der Waals surface area contributed by atoms with E-state index in [4.69, 9.17) is 0 Å². The minimum atomic E-state index is -4.35. The Bertz CT molecular complexity index is 1060. The summed E-state index contributed by atoms with van der Waals surface area (Å²) in [5, 5.41) is 13.9. The molecule has 0 spiro atoms. The number of hydrogen-bond acceptors (Lipinski definition) is 4. The number of alkyl halides is 3. The fourth-order valence-electron chi connectivity index (χ4n) is 4.35. The van der Waals surface area contributed by atoms with E-state index in [0.29, 0.717) is 18.5 Å². The molecule has 170 valence electrons. The molecule has 3 aromatic rings. The summed E-state index contributed by atoms with van der Waals surface area (Å²) in [4.78, 5) is 16.7. The summed E-state index contributed by atoms with van der Waals surface area (Å²) in [6.45, 7) is 0.317. The first-order chi connectivity index (χ1) is 15.3. The molecule has 0 unspecified atom stereocenters. The highest BCUT2D eigenvalue weighted by Gasteiger charge is 2.67. The smallest absolute Gasteiger partial charge is 0.355 e. The summed E-state index contributed by atoms with van der Waals surface area (Å²) < 4.78 is 41.4. The van der Waals surface area contributed by atoms with Crippen LogP contribution in [-0.4, -0.2) is 46.9 Å². The molecule has 1 fully saturated rings. The summed E-state index contributed by atoms with van der Waals surface area (Å²) in [5.41, 5.74) is 0.643. The number of halogens is 3. The maximum Gasteiger partial charge on any atom is 0.395 e. The number of carbonyl (C=O) groups excluding carboxylic acids is 1. The van der Waals surface area contributed by atoms with E-state index in [0.717, 1.165) is 16.5 Å². The molecule has 1 aliphatic rings. The number of fused-ring (bicyclic) bond motifs is 1. The van der Waals surface area contributed by atoms with E-state index in [2.05, 4.69) is 25.8 Å². The van der Waals surface area contributed by atoms with Gasteiger partial charge in [-0.25, -0.2) is 0 Å². The van der Waals surface area contributed by atoms with Crippen molar-refractivity contribution in [2.75, 3.05) is 13.6 Å². The van der Waals surface area contributed by atoms with Gasteiger partial charge in [-0.2, -0.15) is 18.3 Å². The van der Waals surface area contributed by atoms with Crippen LogP contribution in [0.25, 0.3) is 10.9 Å². The molecule has 3 N–H and O–H groups in total. The Morgan fingerprint density at radius 1 is 1.25 bits per heavy atom. The van der Waals surface area contributed by atoms with Gasteiger partial charge in [-0.15, -0.1) is 0 Å². The van der Waals surface area contributed by atoms with Crippen molar-refractivity contribution < 1.29 is 18.0 Å². The monoisotopic (exact) mass is 445 g/mol. The minimum absolute atomic E-state index is 0.0406. The molecule has 1 aliphatic carbocycles. The van der Waals surface area contributed by atoms with Crippen LogP contribution >= 0.6 is 0 Å². The fourth-order valence-corrected chi connectivity index (χ4v) is 4.35. The van der Waals surface area contributed by atoms with E-state index in [1.54, 1.807) is 25.4 Å². The number of rotatable bonds is 9. The highest BCUT2D eigenvalue weighted by Crippen LogP contribution is 2.66. The Hall–Kier alpha value is -2.94. The SMILES string of the molecule is CN[C@H](CNC(=O)C[C@@H](c1cccnc1)C1(C(F)(F)F)CC1)Cc1ccc2[nH]ncc2c1. The molecular weight excluding hydrogens is 419 g/mol. The zero-order valence-electron chi connectivity index (χ0n) is 17.7. The molecule has 0 radical (unpaired) electrons. The third kappa shape index (κ3) is 4.62. The molecule has 1 saturated carbocycles. The number of nitrogens with zero attached hydrogens (tertiary/aromatic N) is 2. The van der Waals surface area contributed by atoms with Crippen molar-refractivity contribution in [3.8, 4) is 0 Å². The highest BCUT2D eigenvalue weighted by molar-refractivity contribution is 5.78. The lowest BCUT2D eigenvalue weighted by atomic mass is 9.80. The van der Waals surface area contributed by atoms with Crippen molar-refractivity contribution in [3.05, 3.63) is 60.0 Å². The van der Waals surface area contributed by atoms with Gasteiger partial charge in [0.15, 0.2) is 0 Å². The molecule has 1 aromatic carbocycles. The number of carbonyl (C=O) groups is 1. The average molecular weight is 445 g/mol. The van der Waals surface area contributed by atoms with E-state index in [-0.39, 0.29) is 31.2 Å². The molecule has 32 heavy (non-hydrogen) atoms. The van der Waals surface area contributed by atoms with Gasteiger partial charge >= 0.3 is 6.18 Å². The van der Waals surface area contributed by atoms with Crippen LogP contribution in [0.15, 0.2) is 48.9 Å². The maximum atomic E-state index is 13.8. The van der Waals surface area contributed by atoms with Gasteiger partial charge in [0.1, 0.15) is 0 Å². The van der Waals surface area contributed by atoms with Crippen LogP contribution in [0.4, 0.5) is 13.2 Å². The molecule has 0 aliphatic heterocycles. The first-order valence-electron chi connectivity index (χ1n) is 10.6. The zero-order chi connectivity index (χ0) is 22.8. The predicted octanol–water partition coefficient (Wildman–Crippen LogP) is 3.72. The summed E-state index contributed by atoms with van der Waals surface area (Å²) in [7, 11) is 1.80. The molecular formula is C23H26F3N5O. The second-order valence-corrected chi connectivity index (χ2v) is 8.48. The predicted molar refractivity (Wildman–Crippen MR) is 115 cm³/mol. The number of hydrogen-bond donors (Lipinski definition) is 3. The number of aromatic nitrogens is 3. The number of pyridine rings is 1. The van der Waals surface area contributed by atoms with Crippen molar-refractivity contribution in [2.24, 2.45) is 5.41 Å². The van der Waals surface area contributed by atoms with Crippen LogP contribution in [0.1, 0.15) is 36.3 Å². The molecule has 9 heteroatoms. The van der Waals surface area contributed by atoms with Crippen LogP contribution in [0.5, 0.6) is 0 Å². The molecule has 0 bridgehead atoms. The van der Waals surface area contributed by atoms with E-state index >= 15 is 0 Å². The first-order valence-corrected chi connectivity index (χ1v) is 10.6. The van der Waals surface area contributed by atoms with Crippen molar-refractivity contribution in [1.82, 2.24) is 25.8 Å². The van der Waals surface area contributed by atoms with Crippen molar-refractivity contribution in [2.45, 2.75) is 43.8 Å². The summed E-state index contributed by atoms with van der Waals surface area (Å²) in [6.07, 6.45) is 0.879. The number of likely N-dealkylation sites (N-methyl/N-ethyl adjacent to an activating group) is 1. The van der Waals surface area contributed by atoms with Crippen LogP contribution < -0.4 is 10.6 Å². The second kappa shape index (κ2) is 8.90. The van der Waals surface area contributed by atoms with Crippen molar-refractivity contribution >= 4 is 16.8 Å². The number of H-pyrrole nitrogens is 1. The molecule has 2 aromatic heterocycles. The Morgan fingerprint density at radius 3 is 2.72 bits per heavy atom. The molecule has 2 heterocycles. The quantitative estimate of drug-likeness (QED) is 0.469. The van der Waals surface area contributed by atoms with Gasteiger partial charge in [0.25, 0.3) is 0 Å². The number of nitrogens with one attached hydrogen (secondary N) is 3. The maximum absolute atomic E-state index is 13.8. The topological polar surface area (TPSA) is 82.7 Å². The van der Waals surface area contributed by atoms with E-state index < -0.39 is 17.5 Å². The second-order valence-electron chi connectivity index (χ2n) is 8.48. The minimum Gasteiger partial charge on any atom is -0.355 e. The number of amides is 1. The Labute approximate surface area is 184 Å². The van der Waals surface area contributed by atoms with Gasteiger partial charge in [0.2, 0.25) is 5.91 Å². The van der Waals surface area contributed by atoms with Crippen molar-refractivity contribution in [3.63, 3.8) is 0 Å². The molecule has 6 nitrogen and oxygen atoms in total. The summed E-state index contributed by atoms with van der Waals surface area (Å²) in [5.74, 6) is -1.33. The van der Waals surface area contributed by atoms with Gasteiger partial charge in [-0.1, -0.05) is 12.1 Å². The van der Waals surface area contributed by atoms with Crippen LogP contribution in [-0.2, 0) is 11.2 Å². The number of benzene rings is 1. The first kappa shape index (κ1) is 22.3. The van der Waals surface area contributed by atoms with E-state index in [1.165, 1.54) is 12.4 Å². The highest BCUT2D eigenvalue weighted by atomic mass is 19.4. The van der Waals surface area contributed by atoms with Gasteiger partial charge in [0.05, 0.1) is 17.1 Å². The average Bonchev–Trinajstić information content (AvgIpc) is 3.47. The number of aromatic amines is 1. The summed E-state index contributed by atoms with van der Waals surface area (Å²) in [6, 6.07) is 9.15. The van der Waals surface area contributed by atoms with Gasteiger partial charge < -0.3 is 10.6 Å². The molecule has 2 atom stereocenters. The van der Waals surface area contributed by atoms with E-state index in [1.807, 2.05) is 18.2 Å². The van der Waals surface area contributed by atoms with Crippen LogP contribution in [0.3, 0.4) is 0 Å². The third-order valence-corrected chi connectivity index (χ3v) is 6.44. The summed E-state index contributed by atoms with van der Waals surface area (Å²) >= 11 is 0. The van der Waals surface area contributed by atoms with Gasteiger partial charge in [-0.3, -0.25) is 14.9 Å². The Kier molecular flexibility index (Phi) is 6.19. The lowest BCUT2D eigenvalue weighted by Gasteiger charge is -2.29. The third-order valence-electron chi connectivity index (χ3n) is 6.44.